The molecule has 0 saturated heterocycles. The Balaban J connectivity index is 2.90. The standard InChI is InChI=1S/C20H28O2/c1-15(7-6-8-16(2)12-14-21)9-10-18-17(3)19(22)11-13-20(18,4)5/h7,9-10,12,19,21-22H,11,13-14H2,1-5H3/b10-9+,15-7+,16-12+. The monoisotopic (exact) mass is 300 g/mol. The average Bonchev–Trinajstić information content (AvgIpc) is 2.43. The maximum atomic E-state index is 10.0. The van der Waals surface area contributed by atoms with E-state index in [1.54, 1.807) is 6.08 Å². The van der Waals surface area contributed by atoms with Crippen molar-refractivity contribution in [3.63, 3.8) is 0 Å². The largest absolute Gasteiger partial charge is 0.392 e. The number of allylic oxidation sites excluding steroid dienone is 6. The van der Waals surface area contributed by atoms with Gasteiger partial charge in [-0.2, -0.15) is 0 Å². The topological polar surface area (TPSA) is 40.5 Å². The van der Waals surface area contributed by atoms with Gasteiger partial charge in [0.1, 0.15) is 0 Å². The van der Waals surface area contributed by atoms with Gasteiger partial charge in [-0.1, -0.05) is 37.8 Å². The maximum Gasteiger partial charge on any atom is 0.0753 e. The zero-order valence-corrected chi connectivity index (χ0v) is 14.4. The predicted octanol–water partition coefficient (Wildman–Crippen LogP) is 3.93. The smallest absolute Gasteiger partial charge is 0.0753 e. The first-order chi connectivity index (χ1) is 10.3. The lowest BCUT2D eigenvalue weighted by atomic mass is 9.71. The van der Waals surface area contributed by atoms with Gasteiger partial charge in [-0.05, 0) is 73.5 Å². The lowest BCUT2D eigenvalue weighted by Crippen LogP contribution is -2.27. The highest BCUT2D eigenvalue weighted by Gasteiger charge is 2.30. The minimum atomic E-state index is -0.317. The van der Waals surface area contributed by atoms with E-state index >= 15 is 0 Å². The fourth-order valence-corrected chi connectivity index (χ4v) is 2.63. The van der Waals surface area contributed by atoms with E-state index in [9.17, 15) is 5.11 Å². The van der Waals surface area contributed by atoms with E-state index in [-0.39, 0.29) is 18.1 Å². The zero-order valence-electron chi connectivity index (χ0n) is 14.4. The normalized spacial score (nSPS) is 22.8. The first kappa shape index (κ1) is 18.5. The lowest BCUT2D eigenvalue weighted by molar-refractivity contribution is 0.163. The minimum absolute atomic E-state index is 0.0218. The van der Waals surface area contributed by atoms with E-state index in [0.29, 0.717) is 0 Å². The number of hydrogen-bond acceptors (Lipinski definition) is 2. The van der Waals surface area contributed by atoms with Gasteiger partial charge in [0.25, 0.3) is 0 Å². The van der Waals surface area contributed by atoms with Gasteiger partial charge in [-0.3, -0.25) is 0 Å². The zero-order chi connectivity index (χ0) is 16.8. The maximum absolute atomic E-state index is 10.0. The molecule has 1 unspecified atom stereocenters. The third-order valence-corrected chi connectivity index (χ3v) is 4.18. The van der Waals surface area contributed by atoms with E-state index in [1.807, 2.05) is 26.8 Å². The van der Waals surface area contributed by atoms with Gasteiger partial charge in [0.15, 0.2) is 0 Å². The summed E-state index contributed by atoms with van der Waals surface area (Å²) in [6.07, 6.45) is 9.24. The molecule has 0 radical (unpaired) electrons. The quantitative estimate of drug-likeness (QED) is 0.612. The molecule has 0 fully saturated rings. The summed E-state index contributed by atoms with van der Waals surface area (Å²) in [6, 6.07) is 0. The SMILES string of the molecule is CC1=C(/C=C/C(C)=C/C#C/C(C)=C/CO)C(C)(C)CCC1O. The van der Waals surface area contributed by atoms with Crippen LogP contribution in [0.15, 0.2) is 46.6 Å². The van der Waals surface area contributed by atoms with Crippen LogP contribution in [0.4, 0.5) is 0 Å². The van der Waals surface area contributed by atoms with Crippen molar-refractivity contribution in [1.82, 2.24) is 0 Å². The predicted molar refractivity (Wildman–Crippen MR) is 93.2 cm³/mol. The fraction of sp³-hybridized carbons (Fsp3) is 0.500. The Labute approximate surface area is 134 Å². The molecule has 0 bridgehead atoms. The highest BCUT2D eigenvalue weighted by molar-refractivity contribution is 5.40. The molecule has 0 saturated carbocycles. The summed E-state index contributed by atoms with van der Waals surface area (Å²) in [4.78, 5) is 0. The van der Waals surface area contributed by atoms with Crippen molar-refractivity contribution in [2.24, 2.45) is 5.41 Å². The number of aliphatic hydroxyl groups is 2. The molecule has 1 atom stereocenters. The molecule has 1 aliphatic rings. The number of rotatable bonds is 3. The third kappa shape index (κ3) is 5.33. The molecule has 0 aromatic heterocycles. The van der Waals surface area contributed by atoms with E-state index < -0.39 is 0 Å². The first-order valence-corrected chi connectivity index (χ1v) is 7.81. The van der Waals surface area contributed by atoms with Crippen LogP contribution in [0.5, 0.6) is 0 Å². The van der Waals surface area contributed by atoms with Crippen LogP contribution in [0.25, 0.3) is 0 Å². The molecule has 2 heteroatoms. The second-order valence-corrected chi connectivity index (χ2v) is 6.60. The summed E-state index contributed by atoms with van der Waals surface area (Å²) >= 11 is 0. The molecule has 22 heavy (non-hydrogen) atoms. The Hall–Kier alpha value is -1.56. The third-order valence-electron chi connectivity index (χ3n) is 4.18. The van der Waals surface area contributed by atoms with Crippen molar-refractivity contribution in [1.29, 1.82) is 0 Å². The molecule has 120 valence electrons. The van der Waals surface area contributed by atoms with E-state index in [2.05, 4.69) is 37.8 Å². The van der Waals surface area contributed by atoms with Crippen molar-refractivity contribution in [2.75, 3.05) is 6.61 Å². The summed E-state index contributed by atoms with van der Waals surface area (Å²) in [5, 5.41) is 18.8. The average molecular weight is 300 g/mol. The second-order valence-electron chi connectivity index (χ2n) is 6.60. The number of aliphatic hydroxyl groups excluding tert-OH is 2. The summed E-state index contributed by atoms with van der Waals surface area (Å²) in [5.74, 6) is 5.96. The molecule has 2 N–H and O–H groups in total. The second kappa shape index (κ2) is 8.17. The minimum Gasteiger partial charge on any atom is -0.392 e. The van der Waals surface area contributed by atoms with E-state index in [0.717, 1.165) is 29.6 Å². The summed E-state index contributed by atoms with van der Waals surface area (Å²) in [5.41, 5.74) is 4.34. The van der Waals surface area contributed by atoms with Gasteiger partial charge in [-0.25, -0.2) is 0 Å². The Bertz CT molecular complexity index is 575. The molecule has 0 aromatic rings. The van der Waals surface area contributed by atoms with Crippen LogP contribution in [0.1, 0.15) is 47.5 Å². The fourth-order valence-electron chi connectivity index (χ4n) is 2.63. The number of hydrogen-bond donors (Lipinski definition) is 2. The van der Waals surface area contributed by atoms with Crippen molar-refractivity contribution >= 4 is 0 Å². The van der Waals surface area contributed by atoms with Gasteiger partial charge in [0.05, 0.1) is 12.7 Å². The summed E-state index contributed by atoms with van der Waals surface area (Å²) in [7, 11) is 0. The van der Waals surface area contributed by atoms with Gasteiger partial charge in [0, 0.05) is 0 Å². The van der Waals surface area contributed by atoms with Gasteiger partial charge < -0.3 is 10.2 Å². The summed E-state index contributed by atoms with van der Waals surface area (Å²) in [6.45, 7) is 10.4. The van der Waals surface area contributed by atoms with E-state index in [1.165, 1.54) is 5.57 Å². The van der Waals surface area contributed by atoms with Crippen molar-refractivity contribution in [2.45, 2.75) is 53.6 Å². The Kier molecular flexibility index (Phi) is 6.87. The van der Waals surface area contributed by atoms with Crippen LogP contribution in [0.2, 0.25) is 0 Å². The Morgan fingerprint density at radius 2 is 2.05 bits per heavy atom. The Morgan fingerprint density at radius 3 is 2.68 bits per heavy atom. The molecular formula is C20H28O2. The summed E-state index contributed by atoms with van der Waals surface area (Å²) < 4.78 is 0. The molecule has 0 heterocycles. The molecule has 0 aromatic carbocycles. The van der Waals surface area contributed by atoms with Gasteiger partial charge in [-0.15, -0.1) is 0 Å². The van der Waals surface area contributed by atoms with Crippen LogP contribution in [-0.2, 0) is 0 Å². The van der Waals surface area contributed by atoms with E-state index in [4.69, 9.17) is 5.11 Å². The Morgan fingerprint density at radius 1 is 1.36 bits per heavy atom. The highest BCUT2D eigenvalue weighted by Crippen LogP contribution is 2.40. The molecule has 1 rings (SSSR count). The van der Waals surface area contributed by atoms with Gasteiger partial charge >= 0.3 is 0 Å². The molecule has 1 aliphatic carbocycles. The molecule has 0 spiro atoms. The lowest BCUT2D eigenvalue weighted by Gasteiger charge is -2.35. The van der Waals surface area contributed by atoms with Gasteiger partial charge in [0.2, 0.25) is 0 Å². The first-order valence-electron chi connectivity index (χ1n) is 7.81. The van der Waals surface area contributed by atoms with Crippen LogP contribution in [0, 0.1) is 17.3 Å². The van der Waals surface area contributed by atoms with Crippen molar-refractivity contribution < 1.29 is 10.2 Å². The van der Waals surface area contributed by atoms with Crippen LogP contribution < -0.4 is 0 Å². The molecule has 0 amide bonds. The van der Waals surface area contributed by atoms with Crippen molar-refractivity contribution in [3.8, 4) is 11.8 Å². The molecule has 0 aliphatic heterocycles. The molecular weight excluding hydrogens is 272 g/mol. The van der Waals surface area contributed by atoms with Crippen LogP contribution >= 0.6 is 0 Å². The van der Waals surface area contributed by atoms with Crippen LogP contribution in [-0.4, -0.2) is 22.9 Å². The van der Waals surface area contributed by atoms with Crippen molar-refractivity contribution in [3.05, 3.63) is 46.6 Å². The van der Waals surface area contributed by atoms with Crippen LogP contribution in [0.3, 0.4) is 0 Å². The molecule has 2 nitrogen and oxygen atoms in total. The highest BCUT2D eigenvalue weighted by atomic mass is 16.3.